The van der Waals surface area contributed by atoms with Crippen molar-refractivity contribution in [3.8, 4) is 0 Å². The van der Waals surface area contributed by atoms with Crippen molar-refractivity contribution in [2.45, 2.75) is 386 Å². The van der Waals surface area contributed by atoms with Gasteiger partial charge >= 0.3 is 5.97 Å². The Morgan fingerprint density at radius 2 is 0.635 bits per heavy atom. The number of aliphatic hydroxyl groups is 2. The van der Waals surface area contributed by atoms with Gasteiger partial charge in [-0.25, -0.2) is 0 Å². The molecule has 2 unspecified atom stereocenters. The lowest BCUT2D eigenvalue weighted by molar-refractivity contribution is -0.143. The summed E-state index contributed by atoms with van der Waals surface area (Å²) in [6, 6.07) is -0.547. The number of unbranched alkanes of at least 4 members (excludes halogenated alkanes) is 48. The molecule has 0 bridgehead atoms. The molecular formula is C68H131NO5. The minimum absolute atomic E-state index is 0.00781. The average Bonchev–Trinajstić information content (AvgIpc) is 3.40. The molecule has 0 aliphatic carbocycles. The molecule has 0 aliphatic rings. The van der Waals surface area contributed by atoms with Gasteiger partial charge in [0.25, 0.3) is 0 Å². The van der Waals surface area contributed by atoms with Crippen molar-refractivity contribution in [2.75, 3.05) is 13.2 Å². The van der Waals surface area contributed by atoms with Crippen molar-refractivity contribution in [2.24, 2.45) is 0 Å². The van der Waals surface area contributed by atoms with Crippen molar-refractivity contribution in [3.63, 3.8) is 0 Å². The number of amides is 1. The first-order valence-electron chi connectivity index (χ1n) is 33.6. The van der Waals surface area contributed by atoms with Gasteiger partial charge in [-0.15, -0.1) is 0 Å². The van der Waals surface area contributed by atoms with Crippen molar-refractivity contribution in [1.29, 1.82) is 0 Å². The number of allylic oxidation sites excluding steroid dienone is 4. The highest BCUT2D eigenvalue weighted by Crippen LogP contribution is 2.18. The molecular weight excluding hydrogens is 911 g/mol. The Kier molecular flexibility index (Phi) is 62.4. The zero-order valence-corrected chi connectivity index (χ0v) is 50.1. The van der Waals surface area contributed by atoms with Gasteiger partial charge in [-0.05, 0) is 77.0 Å². The van der Waals surface area contributed by atoms with Crippen LogP contribution >= 0.6 is 0 Å². The molecule has 0 aromatic carbocycles. The molecule has 0 spiro atoms. The van der Waals surface area contributed by atoms with E-state index < -0.39 is 12.1 Å². The highest BCUT2D eigenvalue weighted by molar-refractivity contribution is 5.76. The summed E-state index contributed by atoms with van der Waals surface area (Å²) in [6.07, 6.45) is 79.2. The fourth-order valence-electron chi connectivity index (χ4n) is 10.6. The molecule has 0 aromatic rings. The molecule has 0 fully saturated rings. The fraction of sp³-hybridized carbons (Fsp3) is 0.912. The third-order valence-corrected chi connectivity index (χ3v) is 15.7. The van der Waals surface area contributed by atoms with E-state index in [9.17, 15) is 19.8 Å². The standard InChI is InChI=1S/C68H131NO5/c1-3-5-7-9-11-13-15-17-19-21-30-34-38-42-46-50-54-58-62-68(73)74-63-59-55-51-47-43-39-35-31-27-25-23-22-24-26-29-33-37-41-45-49-53-57-61-67(72)69-65(64-70)66(71)60-56-52-48-44-40-36-32-28-20-18-16-14-12-10-8-6-4-2/h19,21,24,26,65-66,70-71H,3-18,20,22-23,25,27-64H2,1-2H3,(H,69,72)/b21-19-,26-24-. The molecule has 0 radical (unpaired) electrons. The third-order valence-electron chi connectivity index (χ3n) is 15.7. The molecule has 3 N–H and O–H groups in total. The molecule has 0 saturated carbocycles. The van der Waals surface area contributed by atoms with E-state index in [4.69, 9.17) is 4.74 Å². The number of rotatable bonds is 63. The highest BCUT2D eigenvalue weighted by Gasteiger charge is 2.20. The SMILES string of the molecule is CCCCCCCCC/C=C\CCCCCCCCCC(=O)OCCCCCCCCCCCCC/C=C\CCCCCCCCCC(=O)NC(CO)C(O)CCCCCCCCCCCCCCCCCCC. The average molecular weight is 1040 g/mol. The fourth-order valence-corrected chi connectivity index (χ4v) is 10.6. The van der Waals surface area contributed by atoms with Crippen LogP contribution in [-0.2, 0) is 14.3 Å². The predicted molar refractivity (Wildman–Crippen MR) is 324 cm³/mol. The summed E-state index contributed by atoms with van der Waals surface area (Å²) in [5.74, 6) is -0.0313. The maximum absolute atomic E-state index is 12.5. The van der Waals surface area contributed by atoms with Crippen LogP contribution in [0.2, 0.25) is 0 Å². The second-order valence-corrected chi connectivity index (χ2v) is 23.1. The van der Waals surface area contributed by atoms with Gasteiger partial charge in [-0.2, -0.15) is 0 Å². The first kappa shape index (κ1) is 72.3. The summed E-state index contributed by atoms with van der Waals surface area (Å²) in [5.41, 5.74) is 0. The normalized spacial score (nSPS) is 12.6. The number of carbonyl (C=O) groups is 2. The summed E-state index contributed by atoms with van der Waals surface area (Å²) in [7, 11) is 0. The number of hydrogen-bond acceptors (Lipinski definition) is 5. The molecule has 6 heteroatoms. The molecule has 1 amide bonds. The van der Waals surface area contributed by atoms with Crippen LogP contribution in [0.5, 0.6) is 0 Å². The number of ether oxygens (including phenoxy) is 1. The monoisotopic (exact) mass is 1040 g/mol. The zero-order chi connectivity index (χ0) is 53.6. The Morgan fingerprint density at radius 3 is 0.959 bits per heavy atom. The smallest absolute Gasteiger partial charge is 0.305 e. The molecule has 0 rings (SSSR count). The second kappa shape index (κ2) is 63.9. The highest BCUT2D eigenvalue weighted by atomic mass is 16.5. The minimum atomic E-state index is -0.669. The summed E-state index contributed by atoms with van der Waals surface area (Å²) in [6.45, 7) is 4.97. The lowest BCUT2D eigenvalue weighted by Crippen LogP contribution is -2.45. The molecule has 0 aliphatic heterocycles. The Morgan fingerprint density at radius 1 is 0.365 bits per heavy atom. The Hall–Kier alpha value is -1.66. The van der Waals surface area contributed by atoms with Crippen molar-refractivity contribution in [3.05, 3.63) is 24.3 Å². The van der Waals surface area contributed by atoms with E-state index in [-0.39, 0.29) is 18.5 Å². The van der Waals surface area contributed by atoms with Crippen LogP contribution < -0.4 is 5.32 Å². The van der Waals surface area contributed by atoms with Gasteiger partial charge in [0.2, 0.25) is 5.91 Å². The summed E-state index contributed by atoms with van der Waals surface area (Å²) in [5, 5.41) is 23.3. The van der Waals surface area contributed by atoms with Crippen LogP contribution in [-0.4, -0.2) is 47.4 Å². The number of hydrogen-bond donors (Lipinski definition) is 3. The van der Waals surface area contributed by atoms with Crippen LogP contribution in [0.3, 0.4) is 0 Å². The van der Waals surface area contributed by atoms with Gasteiger partial charge in [-0.3, -0.25) is 9.59 Å². The summed E-state index contributed by atoms with van der Waals surface area (Å²) < 4.78 is 5.50. The van der Waals surface area contributed by atoms with Crippen LogP contribution in [0.15, 0.2) is 24.3 Å². The van der Waals surface area contributed by atoms with Gasteiger partial charge < -0.3 is 20.3 Å². The van der Waals surface area contributed by atoms with E-state index in [0.29, 0.717) is 25.9 Å². The van der Waals surface area contributed by atoms with Gasteiger partial charge in [-0.1, -0.05) is 308 Å². The lowest BCUT2D eigenvalue weighted by atomic mass is 10.0. The third kappa shape index (κ3) is 59.6. The summed E-state index contributed by atoms with van der Waals surface area (Å²) in [4.78, 5) is 24.6. The Labute approximate surface area is 462 Å². The van der Waals surface area contributed by atoms with E-state index in [0.717, 1.165) is 44.9 Å². The lowest BCUT2D eigenvalue weighted by Gasteiger charge is -2.22. The molecule has 2 atom stereocenters. The molecule has 0 saturated heterocycles. The molecule has 438 valence electrons. The van der Waals surface area contributed by atoms with Gasteiger partial charge in [0, 0.05) is 12.8 Å². The number of nitrogens with one attached hydrogen (secondary N) is 1. The van der Waals surface area contributed by atoms with Gasteiger partial charge in [0.1, 0.15) is 0 Å². The minimum Gasteiger partial charge on any atom is -0.466 e. The molecule has 0 aromatic heterocycles. The maximum atomic E-state index is 12.5. The summed E-state index contributed by atoms with van der Waals surface area (Å²) >= 11 is 0. The van der Waals surface area contributed by atoms with Gasteiger partial charge in [0.15, 0.2) is 0 Å². The van der Waals surface area contributed by atoms with E-state index in [1.54, 1.807) is 0 Å². The maximum Gasteiger partial charge on any atom is 0.305 e. The number of carbonyl (C=O) groups excluding carboxylic acids is 2. The molecule has 0 heterocycles. The van der Waals surface area contributed by atoms with Crippen molar-refractivity contribution >= 4 is 11.9 Å². The molecule has 6 nitrogen and oxygen atoms in total. The van der Waals surface area contributed by atoms with E-state index in [1.165, 1.54) is 295 Å². The Bertz CT molecular complexity index is 1150. The zero-order valence-electron chi connectivity index (χ0n) is 50.1. The van der Waals surface area contributed by atoms with Crippen LogP contribution in [0.25, 0.3) is 0 Å². The topological polar surface area (TPSA) is 95.9 Å². The first-order chi connectivity index (χ1) is 36.5. The number of esters is 1. The van der Waals surface area contributed by atoms with Gasteiger partial charge in [0.05, 0.1) is 25.4 Å². The largest absolute Gasteiger partial charge is 0.466 e. The van der Waals surface area contributed by atoms with Crippen molar-refractivity contribution in [1.82, 2.24) is 5.32 Å². The number of aliphatic hydroxyl groups excluding tert-OH is 2. The van der Waals surface area contributed by atoms with E-state index in [2.05, 4.69) is 43.5 Å². The Balaban J connectivity index is 3.40. The van der Waals surface area contributed by atoms with E-state index >= 15 is 0 Å². The van der Waals surface area contributed by atoms with Crippen LogP contribution in [0.4, 0.5) is 0 Å². The van der Waals surface area contributed by atoms with Crippen molar-refractivity contribution < 1.29 is 24.5 Å². The molecule has 74 heavy (non-hydrogen) atoms. The quantitative estimate of drug-likeness (QED) is 0.0320. The first-order valence-corrected chi connectivity index (χ1v) is 33.6. The van der Waals surface area contributed by atoms with Crippen LogP contribution in [0, 0.1) is 0 Å². The van der Waals surface area contributed by atoms with Crippen LogP contribution in [0.1, 0.15) is 373 Å². The van der Waals surface area contributed by atoms with E-state index in [1.807, 2.05) is 0 Å². The second-order valence-electron chi connectivity index (χ2n) is 23.1. The predicted octanol–water partition coefficient (Wildman–Crippen LogP) is 21.4.